The molecule has 80 valence electrons. The number of hydrogen-bond acceptors (Lipinski definition) is 3. The van der Waals surface area contributed by atoms with E-state index >= 15 is 0 Å². The van der Waals surface area contributed by atoms with Crippen molar-refractivity contribution < 1.29 is 9.47 Å². The number of rotatable bonds is 3. The zero-order valence-electron chi connectivity index (χ0n) is 7.90. The Balaban J connectivity index is 2.13. The van der Waals surface area contributed by atoms with Crippen molar-refractivity contribution in [3.63, 3.8) is 0 Å². The molecule has 0 unspecified atom stereocenters. The Bertz CT molecular complexity index is 393. The number of hydrogen-bond donors (Lipinski definition) is 1. The summed E-state index contributed by atoms with van der Waals surface area (Å²) in [6.07, 6.45) is 0.174. The van der Waals surface area contributed by atoms with Crippen LogP contribution in [0.15, 0.2) is 22.7 Å². The second-order valence-electron chi connectivity index (χ2n) is 3.28. The van der Waals surface area contributed by atoms with Gasteiger partial charge in [0, 0.05) is 10.0 Å². The first-order chi connectivity index (χ1) is 7.16. The first-order valence-electron chi connectivity index (χ1n) is 4.50. The summed E-state index contributed by atoms with van der Waals surface area (Å²) in [6, 6.07) is 5.58. The van der Waals surface area contributed by atoms with Gasteiger partial charge in [-0.15, -0.1) is 0 Å². The van der Waals surface area contributed by atoms with Crippen LogP contribution >= 0.6 is 28.1 Å². The van der Waals surface area contributed by atoms with E-state index in [-0.39, 0.29) is 6.10 Å². The van der Waals surface area contributed by atoms with Gasteiger partial charge in [-0.2, -0.15) is 0 Å². The maximum absolute atomic E-state index is 5.63. The highest BCUT2D eigenvalue weighted by molar-refractivity contribution is 9.10. The summed E-state index contributed by atoms with van der Waals surface area (Å²) in [5.74, 6) is 0.801. The molecular weight excluding hydrogens is 278 g/mol. The molecule has 2 rings (SSSR count). The molecule has 3 nitrogen and oxygen atoms in total. The van der Waals surface area contributed by atoms with E-state index in [2.05, 4.69) is 15.9 Å². The molecule has 1 fully saturated rings. The fraction of sp³-hybridized carbons (Fsp3) is 0.300. The zero-order valence-corrected chi connectivity index (χ0v) is 10.3. The van der Waals surface area contributed by atoms with Gasteiger partial charge in [-0.1, -0.05) is 12.2 Å². The monoisotopic (exact) mass is 287 g/mol. The molecule has 15 heavy (non-hydrogen) atoms. The molecule has 0 atom stereocenters. The van der Waals surface area contributed by atoms with Crippen LogP contribution in [0, 0.1) is 0 Å². The summed E-state index contributed by atoms with van der Waals surface area (Å²) >= 11 is 8.30. The SMILES string of the molecule is NC(=S)c1ccc(OC2COC2)cc1Br. The molecule has 0 aromatic heterocycles. The Kier molecular flexibility index (Phi) is 3.23. The molecule has 5 heteroatoms. The maximum atomic E-state index is 5.63. The van der Waals surface area contributed by atoms with E-state index in [0.717, 1.165) is 15.8 Å². The van der Waals surface area contributed by atoms with Crippen molar-refractivity contribution >= 4 is 33.1 Å². The fourth-order valence-electron chi connectivity index (χ4n) is 1.24. The normalized spacial score (nSPS) is 15.8. The minimum Gasteiger partial charge on any atom is -0.486 e. The van der Waals surface area contributed by atoms with Crippen molar-refractivity contribution in [1.29, 1.82) is 0 Å². The predicted molar refractivity (Wildman–Crippen MR) is 65.3 cm³/mol. The van der Waals surface area contributed by atoms with Crippen LogP contribution in [-0.2, 0) is 4.74 Å². The largest absolute Gasteiger partial charge is 0.486 e. The summed E-state index contributed by atoms with van der Waals surface area (Å²) in [7, 11) is 0. The van der Waals surface area contributed by atoms with Gasteiger partial charge >= 0.3 is 0 Å². The van der Waals surface area contributed by atoms with Gasteiger partial charge in [-0.05, 0) is 34.1 Å². The van der Waals surface area contributed by atoms with Crippen LogP contribution < -0.4 is 10.5 Å². The molecule has 0 amide bonds. The molecule has 0 bridgehead atoms. The van der Waals surface area contributed by atoms with Crippen LogP contribution in [0.5, 0.6) is 5.75 Å². The molecule has 2 N–H and O–H groups in total. The van der Waals surface area contributed by atoms with Crippen molar-refractivity contribution in [3.8, 4) is 5.75 Å². The van der Waals surface area contributed by atoms with Gasteiger partial charge in [0.1, 0.15) is 16.8 Å². The Morgan fingerprint density at radius 1 is 1.53 bits per heavy atom. The average Bonchev–Trinajstić information content (AvgIpc) is 2.11. The first-order valence-corrected chi connectivity index (χ1v) is 5.70. The molecule has 1 saturated heterocycles. The zero-order chi connectivity index (χ0) is 10.8. The molecule has 0 aliphatic carbocycles. The van der Waals surface area contributed by atoms with E-state index in [1.165, 1.54) is 0 Å². The highest BCUT2D eigenvalue weighted by atomic mass is 79.9. The molecule has 1 aliphatic heterocycles. The lowest BCUT2D eigenvalue weighted by Gasteiger charge is -2.26. The van der Waals surface area contributed by atoms with Crippen molar-refractivity contribution in [2.45, 2.75) is 6.10 Å². The number of ether oxygens (including phenoxy) is 2. The smallest absolute Gasteiger partial charge is 0.145 e. The predicted octanol–water partition coefficient (Wildman–Crippen LogP) is 1.86. The van der Waals surface area contributed by atoms with Crippen molar-refractivity contribution in [3.05, 3.63) is 28.2 Å². The topological polar surface area (TPSA) is 44.5 Å². The number of halogens is 1. The molecule has 0 radical (unpaired) electrons. The van der Waals surface area contributed by atoms with Crippen molar-refractivity contribution in [2.75, 3.05) is 13.2 Å². The highest BCUT2D eigenvalue weighted by Crippen LogP contribution is 2.24. The van der Waals surface area contributed by atoms with E-state index in [1.54, 1.807) is 0 Å². The summed E-state index contributed by atoms with van der Waals surface area (Å²) in [6.45, 7) is 1.32. The second kappa shape index (κ2) is 4.47. The minimum atomic E-state index is 0.174. The van der Waals surface area contributed by atoms with Crippen molar-refractivity contribution in [1.82, 2.24) is 0 Å². The third kappa shape index (κ3) is 2.48. The van der Waals surface area contributed by atoms with E-state index < -0.39 is 0 Å². The van der Waals surface area contributed by atoms with Gasteiger partial charge in [0.25, 0.3) is 0 Å². The van der Waals surface area contributed by atoms with E-state index in [1.807, 2.05) is 18.2 Å². The summed E-state index contributed by atoms with van der Waals surface area (Å²) in [5.41, 5.74) is 6.37. The van der Waals surface area contributed by atoms with Gasteiger partial charge in [0.15, 0.2) is 0 Å². The summed E-state index contributed by atoms with van der Waals surface area (Å²) < 4.78 is 11.5. The number of benzene rings is 1. The van der Waals surface area contributed by atoms with Crippen LogP contribution in [0.25, 0.3) is 0 Å². The fourth-order valence-corrected chi connectivity index (χ4v) is 2.12. The lowest BCUT2D eigenvalue weighted by molar-refractivity contribution is -0.0797. The van der Waals surface area contributed by atoms with E-state index in [9.17, 15) is 0 Å². The maximum Gasteiger partial charge on any atom is 0.145 e. The first kappa shape index (κ1) is 10.9. The Morgan fingerprint density at radius 2 is 2.27 bits per heavy atom. The van der Waals surface area contributed by atoms with Crippen LogP contribution in [0.4, 0.5) is 0 Å². The van der Waals surface area contributed by atoms with Gasteiger partial charge in [-0.3, -0.25) is 0 Å². The van der Waals surface area contributed by atoms with Gasteiger partial charge in [0.05, 0.1) is 13.2 Å². The summed E-state index contributed by atoms with van der Waals surface area (Å²) in [5, 5.41) is 0. The van der Waals surface area contributed by atoms with Crippen LogP contribution in [0.1, 0.15) is 5.56 Å². The van der Waals surface area contributed by atoms with Crippen LogP contribution in [0.3, 0.4) is 0 Å². The third-order valence-electron chi connectivity index (χ3n) is 2.12. The quantitative estimate of drug-likeness (QED) is 0.862. The van der Waals surface area contributed by atoms with E-state index in [4.69, 9.17) is 27.4 Å². The molecular formula is C10H10BrNO2S. The Labute approximate surface area is 102 Å². The summed E-state index contributed by atoms with van der Waals surface area (Å²) in [4.78, 5) is 0.375. The highest BCUT2D eigenvalue weighted by Gasteiger charge is 2.20. The molecule has 1 aromatic carbocycles. The molecule has 1 aromatic rings. The third-order valence-corrected chi connectivity index (χ3v) is 2.99. The van der Waals surface area contributed by atoms with Crippen molar-refractivity contribution in [2.24, 2.45) is 5.73 Å². The van der Waals surface area contributed by atoms with Gasteiger partial charge < -0.3 is 15.2 Å². The average molecular weight is 288 g/mol. The van der Waals surface area contributed by atoms with Gasteiger partial charge in [0.2, 0.25) is 0 Å². The molecule has 0 spiro atoms. The van der Waals surface area contributed by atoms with Crippen LogP contribution in [-0.4, -0.2) is 24.3 Å². The second-order valence-corrected chi connectivity index (χ2v) is 4.58. The lowest BCUT2D eigenvalue weighted by atomic mass is 10.2. The lowest BCUT2D eigenvalue weighted by Crippen LogP contribution is -2.38. The Hall–Kier alpha value is -0.650. The number of thiocarbonyl (C=S) groups is 1. The van der Waals surface area contributed by atoms with E-state index in [0.29, 0.717) is 18.2 Å². The van der Waals surface area contributed by atoms with Gasteiger partial charge in [-0.25, -0.2) is 0 Å². The van der Waals surface area contributed by atoms with Crippen LogP contribution in [0.2, 0.25) is 0 Å². The molecule has 1 aliphatic rings. The Morgan fingerprint density at radius 3 is 2.73 bits per heavy atom. The number of nitrogens with two attached hydrogens (primary N) is 1. The molecule has 1 heterocycles. The standard InChI is InChI=1S/C10H10BrNO2S/c11-9-3-6(14-7-4-13-5-7)1-2-8(9)10(12)15/h1-3,7H,4-5H2,(H2,12,15). The minimum absolute atomic E-state index is 0.174. The molecule has 0 saturated carbocycles.